The molecule has 0 aliphatic rings. The third-order valence-electron chi connectivity index (χ3n) is 3.58. The summed E-state index contributed by atoms with van der Waals surface area (Å²) in [4.78, 5) is 4.39. The molecule has 0 saturated heterocycles. The van der Waals surface area contributed by atoms with Crippen molar-refractivity contribution in [3.8, 4) is 6.07 Å². The Bertz CT molecular complexity index is 783. The van der Waals surface area contributed by atoms with Crippen LogP contribution in [0.15, 0.2) is 47.5 Å². The van der Waals surface area contributed by atoms with Crippen molar-refractivity contribution < 1.29 is 4.39 Å². The third kappa shape index (κ3) is 5.77. The fourth-order valence-electron chi connectivity index (χ4n) is 2.27. The Morgan fingerprint density at radius 3 is 2.68 bits per heavy atom. The lowest BCUT2D eigenvalue weighted by atomic mass is 10.1. The van der Waals surface area contributed by atoms with E-state index in [0.717, 1.165) is 17.0 Å². The number of guanidine groups is 1. The highest BCUT2D eigenvalue weighted by Crippen LogP contribution is 2.15. The van der Waals surface area contributed by atoms with Crippen molar-refractivity contribution in [2.24, 2.45) is 4.99 Å². The average Bonchev–Trinajstić information content (AvgIpc) is 2.62. The predicted molar refractivity (Wildman–Crippen MR) is 99.1 cm³/mol. The maximum Gasteiger partial charge on any atom is 0.191 e. The fraction of sp³-hybridized carbons (Fsp3) is 0.263. The van der Waals surface area contributed by atoms with Gasteiger partial charge in [0.05, 0.1) is 18.2 Å². The highest BCUT2D eigenvalue weighted by atomic mass is 35.5. The molecule has 0 heterocycles. The molecule has 0 unspecified atom stereocenters. The summed E-state index contributed by atoms with van der Waals surface area (Å²) in [5.74, 6) is 0.188. The van der Waals surface area contributed by atoms with Gasteiger partial charge >= 0.3 is 0 Å². The lowest BCUT2D eigenvalue weighted by Crippen LogP contribution is -2.38. The molecule has 0 aromatic heterocycles. The van der Waals surface area contributed by atoms with Gasteiger partial charge in [0.1, 0.15) is 5.82 Å². The van der Waals surface area contributed by atoms with E-state index in [1.807, 2.05) is 37.3 Å². The van der Waals surface area contributed by atoms with Crippen LogP contribution in [0.1, 0.15) is 23.6 Å². The van der Waals surface area contributed by atoms with Gasteiger partial charge in [-0.25, -0.2) is 9.38 Å². The summed E-state index contributed by atoms with van der Waals surface area (Å²) in [6.07, 6.45) is 0.759. The number of benzene rings is 2. The van der Waals surface area contributed by atoms with E-state index in [2.05, 4.69) is 15.6 Å². The van der Waals surface area contributed by atoms with E-state index >= 15 is 0 Å². The molecule has 0 bridgehead atoms. The number of nitrogens with zero attached hydrogens (tertiary/aromatic N) is 2. The van der Waals surface area contributed by atoms with Crippen LogP contribution >= 0.6 is 11.6 Å². The summed E-state index contributed by atoms with van der Waals surface area (Å²) in [6.45, 7) is 3.52. The second-order valence-corrected chi connectivity index (χ2v) is 5.79. The topological polar surface area (TPSA) is 60.2 Å². The van der Waals surface area contributed by atoms with Crippen LogP contribution in [0, 0.1) is 17.1 Å². The van der Waals surface area contributed by atoms with Crippen molar-refractivity contribution in [2.75, 3.05) is 13.1 Å². The van der Waals surface area contributed by atoms with Gasteiger partial charge in [-0.3, -0.25) is 0 Å². The number of halogens is 2. The molecule has 0 atom stereocenters. The molecule has 0 spiro atoms. The van der Waals surface area contributed by atoms with Crippen molar-refractivity contribution in [3.63, 3.8) is 0 Å². The van der Waals surface area contributed by atoms with Crippen LogP contribution in [0.3, 0.4) is 0 Å². The van der Waals surface area contributed by atoms with Gasteiger partial charge in [-0.15, -0.1) is 0 Å². The lowest BCUT2D eigenvalue weighted by molar-refractivity contribution is 0.609. The Kier molecular flexibility index (Phi) is 7.24. The second-order valence-electron chi connectivity index (χ2n) is 5.38. The van der Waals surface area contributed by atoms with Crippen LogP contribution in [-0.4, -0.2) is 19.0 Å². The van der Waals surface area contributed by atoms with Gasteiger partial charge < -0.3 is 10.6 Å². The van der Waals surface area contributed by atoms with Crippen LogP contribution in [0.25, 0.3) is 0 Å². The van der Waals surface area contributed by atoms with Crippen molar-refractivity contribution in [3.05, 3.63) is 70.0 Å². The molecule has 4 nitrogen and oxygen atoms in total. The minimum Gasteiger partial charge on any atom is -0.357 e. The van der Waals surface area contributed by atoms with Crippen LogP contribution in [0.5, 0.6) is 0 Å². The minimum atomic E-state index is -0.422. The molecule has 0 aliphatic carbocycles. The predicted octanol–water partition coefficient (Wildman–Crippen LogP) is 3.65. The van der Waals surface area contributed by atoms with E-state index in [-0.39, 0.29) is 6.54 Å². The maximum absolute atomic E-state index is 13.9. The monoisotopic (exact) mass is 358 g/mol. The molecule has 0 radical (unpaired) electrons. The molecular weight excluding hydrogens is 339 g/mol. The minimum absolute atomic E-state index is 0.193. The normalized spacial score (nSPS) is 11.0. The van der Waals surface area contributed by atoms with Crippen molar-refractivity contribution in [1.82, 2.24) is 10.6 Å². The Hall–Kier alpha value is -2.58. The summed E-state index contributed by atoms with van der Waals surface area (Å²) >= 11 is 6.15. The zero-order chi connectivity index (χ0) is 18.1. The molecule has 0 fully saturated rings. The molecule has 130 valence electrons. The third-order valence-corrected chi connectivity index (χ3v) is 3.95. The first-order valence-corrected chi connectivity index (χ1v) is 8.46. The van der Waals surface area contributed by atoms with Gasteiger partial charge in [0.15, 0.2) is 5.96 Å². The van der Waals surface area contributed by atoms with Gasteiger partial charge in [0, 0.05) is 23.7 Å². The molecule has 0 aliphatic heterocycles. The zero-order valence-electron chi connectivity index (χ0n) is 14.0. The average molecular weight is 359 g/mol. The first-order valence-electron chi connectivity index (χ1n) is 8.08. The van der Waals surface area contributed by atoms with E-state index in [9.17, 15) is 4.39 Å². The number of aliphatic imine (C=N–C) groups is 1. The molecule has 6 heteroatoms. The molecule has 2 aromatic carbocycles. The molecular formula is C19H20ClFN4. The summed E-state index contributed by atoms with van der Waals surface area (Å²) in [7, 11) is 0. The SMILES string of the molecule is CCNC(=NCc1ccc(C#N)cc1F)NCCc1ccccc1Cl. The number of nitriles is 1. The van der Waals surface area contributed by atoms with Gasteiger partial charge in [0.2, 0.25) is 0 Å². The molecule has 0 saturated carbocycles. The van der Waals surface area contributed by atoms with E-state index in [0.29, 0.717) is 30.2 Å². The number of hydrogen-bond acceptors (Lipinski definition) is 2. The van der Waals surface area contributed by atoms with Gasteiger partial charge in [-0.1, -0.05) is 35.9 Å². The van der Waals surface area contributed by atoms with Crippen LogP contribution < -0.4 is 10.6 Å². The summed E-state index contributed by atoms with van der Waals surface area (Å²) in [5, 5.41) is 15.9. The van der Waals surface area contributed by atoms with Crippen molar-refractivity contribution >= 4 is 17.6 Å². The van der Waals surface area contributed by atoms with Crippen LogP contribution in [0.2, 0.25) is 5.02 Å². The molecule has 2 rings (SSSR count). The Morgan fingerprint density at radius 2 is 2.00 bits per heavy atom. The zero-order valence-corrected chi connectivity index (χ0v) is 14.8. The second kappa shape index (κ2) is 9.65. The molecule has 2 N–H and O–H groups in total. The Balaban J connectivity index is 1.96. The molecule has 2 aromatic rings. The summed E-state index contributed by atoms with van der Waals surface area (Å²) in [5.41, 5.74) is 1.81. The Morgan fingerprint density at radius 1 is 1.20 bits per heavy atom. The smallest absolute Gasteiger partial charge is 0.191 e. The standard InChI is InChI=1S/C19H20ClFN4/c1-2-23-19(24-10-9-15-5-3-4-6-17(15)20)25-13-16-8-7-14(12-22)11-18(16)21/h3-8,11H,2,9-10,13H2,1H3,(H2,23,24,25). The Labute approximate surface area is 152 Å². The summed E-state index contributed by atoms with van der Waals surface area (Å²) < 4.78 is 13.9. The van der Waals surface area contributed by atoms with Gasteiger partial charge in [0.25, 0.3) is 0 Å². The first-order chi connectivity index (χ1) is 12.1. The fourth-order valence-corrected chi connectivity index (χ4v) is 2.50. The quantitative estimate of drug-likeness (QED) is 0.612. The van der Waals surface area contributed by atoms with Crippen LogP contribution in [0.4, 0.5) is 4.39 Å². The van der Waals surface area contributed by atoms with Gasteiger partial charge in [-0.2, -0.15) is 5.26 Å². The van der Waals surface area contributed by atoms with E-state index < -0.39 is 5.82 Å². The number of nitrogens with one attached hydrogen (secondary N) is 2. The van der Waals surface area contributed by atoms with Crippen LogP contribution in [-0.2, 0) is 13.0 Å². The van der Waals surface area contributed by atoms with E-state index in [1.54, 1.807) is 12.1 Å². The van der Waals surface area contributed by atoms with E-state index in [4.69, 9.17) is 16.9 Å². The number of rotatable bonds is 6. The largest absolute Gasteiger partial charge is 0.357 e. The van der Waals surface area contributed by atoms with Gasteiger partial charge in [-0.05, 0) is 37.1 Å². The van der Waals surface area contributed by atoms with Crippen molar-refractivity contribution in [1.29, 1.82) is 5.26 Å². The lowest BCUT2D eigenvalue weighted by Gasteiger charge is -2.12. The highest BCUT2D eigenvalue weighted by Gasteiger charge is 2.05. The van der Waals surface area contributed by atoms with Crippen molar-refractivity contribution in [2.45, 2.75) is 19.9 Å². The first kappa shape index (κ1) is 18.8. The molecule has 25 heavy (non-hydrogen) atoms. The maximum atomic E-state index is 13.9. The summed E-state index contributed by atoms with van der Waals surface area (Å²) in [6, 6.07) is 14.0. The number of hydrogen-bond donors (Lipinski definition) is 2. The molecule has 0 amide bonds. The van der Waals surface area contributed by atoms with E-state index in [1.165, 1.54) is 6.07 Å². The highest BCUT2D eigenvalue weighted by molar-refractivity contribution is 6.31.